The maximum absolute atomic E-state index is 5.36. The Labute approximate surface area is 116 Å². The summed E-state index contributed by atoms with van der Waals surface area (Å²) in [6, 6.07) is 7.07. The molecule has 106 valence electrons. The Morgan fingerprint density at radius 2 is 2.16 bits per heavy atom. The first-order chi connectivity index (χ1) is 9.13. The van der Waals surface area contributed by atoms with Gasteiger partial charge in [0.15, 0.2) is 0 Å². The molecule has 3 nitrogen and oxygen atoms in total. The van der Waals surface area contributed by atoms with Crippen LogP contribution in [0, 0.1) is 12.8 Å². The monoisotopic (exact) mass is 262 g/mol. The first-order valence-electron chi connectivity index (χ1n) is 7.15. The zero-order valence-corrected chi connectivity index (χ0v) is 12.6. The number of methoxy groups -OCH3 is 1. The SMILES string of the molecule is COc1ccc(C(C2CCCNC2)N(C)C)cc1C. The van der Waals surface area contributed by atoms with Gasteiger partial charge in [-0.15, -0.1) is 0 Å². The molecule has 1 fully saturated rings. The number of rotatable bonds is 4. The van der Waals surface area contributed by atoms with Gasteiger partial charge < -0.3 is 15.0 Å². The molecule has 0 amide bonds. The highest BCUT2D eigenvalue weighted by molar-refractivity contribution is 5.37. The fourth-order valence-corrected chi connectivity index (χ4v) is 3.23. The third kappa shape index (κ3) is 3.28. The lowest BCUT2D eigenvalue weighted by Gasteiger charge is -2.35. The smallest absolute Gasteiger partial charge is 0.121 e. The first-order valence-corrected chi connectivity index (χ1v) is 7.15. The van der Waals surface area contributed by atoms with Gasteiger partial charge in [0.1, 0.15) is 5.75 Å². The summed E-state index contributed by atoms with van der Waals surface area (Å²) in [6.07, 6.45) is 2.59. The molecule has 0 radical (unpaired) electrons. The van der Waals surface area contributed by atoms with Crippen molar-refractivity contribution in [1.82, 2.24) is 10.2 Å². The second-order valence-electron chi connectivity index (χ2n) is 5.74. The van der Waals surface area contributed by atoms with Crippen molar-refractivity contribution in [3.63, 3.8) is 0 Å². The van der Waals surface area contributed by atoms with Gasteiger partial charge in [0, 0.05) is 6.04 Å². The number of hydrogen-bond donors (Lipinski definition) is 1. The minimum absolute atomic E-state index is 0.484. The Bertz CT molecular complexity index is 411. The molecule has 0 bridgehead atoms. The lowest BCUT2D eigenvalue weighted by atomic mass is 9.86. The van der Waals surface area contributed by atoms with Gasteiger partial charge in [0.05, 0.1) is 7.11 Å². The fraction of sp³-hybridized carbons (Fsp3) is 0.625. The Morgan fingerprint density at radius 3 is 2.68 bits per heavy atom. The van der Waals surface area contributed by atoms with Gasteiger partial charge in [0.2, 0.25) is 0 Å². The van der Waals surface area contributed by atoms with Gasteiger partial charge in [-0.3, -0.25) is 0 Å². The number of hydrogen-bond acceptors (Lipinski definition) is 3. The average Bonchev–Trinajstić information content (AvgIpc) is 2.40. The predicted molar refractivity (Wildman–Crippen MR) is 79.8 cm³/mol. The first kappa shape index (κ1) is 14.4. The minimum Gasteiger partial charge on any atom is -0.496 e. The van der Waals surface area contributed by atoms with Crippen molar-refractivity contribution in [3.05, 3.63) is 29.3 Å². The molecular weight excluding hydrogens is 236 g/mol. The lowest BCUT2D eigenvalue weighted by molar-refractivity contribution is 0.181. The molecule has 0 spiro atoms. The van der Waals surface area contributed by atoms with Crippen LogP contribution in [0.3, 0.4) is 0 Å². The van der Waals surface area contributed by atoms with Gasteiger partial charge in [-0.25, -0.2) is 0 Å². The Hall–Kier alpha value is -1.06. The normalized spacial score (nSPS) is 21.4. The van der Waals surface area contributed by atoms with Crippen LogP contribution in [0.2, 0.25) is 0 Å². The summed E-state index contributed by atoms with van der Waals surface area (Å²) in [5.41, 5.74) is 2.62. The molecule has 1 aliphatic rings. The summed E-state index contributed by atoms with van der Waals surface area (Å²) in [6.45, 7) is 4.40. The quantitative estimate of drug-likeness (QED) is 0.902. The van der Waals surface area contributed by atoms with E-state index in [-0.39, 0.29) is 0 Å². The average molecular weight is 262 g/mol. The molecule has 19 heavy (non-hydrogen) atoms. The van der Waals surface area contributed by atoms with E-state index in [9.17, 15) is 0 Å². The number of aryl methyl sites for hydroxylation is 1. The molecule has 3 heteroatoms. The molecule has 2 rings (SSSR count). The second-order valence-corrected chi connectivity index (χ2v) is 5.74. The molecule has 0 saturated carbocycles. The highest BCUT2D eigenvalue weighted by atomic mass is 16.5. The van der Waals surface area contributed by atoms with E-state index in [1.807, 2.05) is 0 Å². The molecule has 0 aromatic heterocycles. The standard InChI is InChI=1S/C16H26N2O/c1-12-10-13(7-8-15(12)19-4)16(18(2)3)14-6-5-9-17-11-14/h7-8,10,14,16-17H,5-6,9,11H2,1-4H3. The van der Waals surface area contributed by atoms with Gasteiger partial charge in [-0.2, -0.15) is 0 Å². The predicted octanol–water partition coefficient (Wildman–Crippen LogP) is 2.61. The number of nitrogens with one attached hydrogen (secondary N) is 1. The zero-order valence-electron chi connectivity index (χ0n) is 12.6. The molecule has 1 heterocycles. The molecule has 1 saturated heterocycles. The van der Waals surface area contributed by atoms with E-state index < -0.39 is 0 Å². The lowest BCUT2D eigenvalue weighted by Crippen LogP contribution is -2.38. The Balaban J connectivity index is 2.25. The number of benzene rings is 1. The van der Waals surface area contributed by atoms with E-state index in [1.165, 1.54) is 24.0 Å². The summed E-state index contributed by atoms with van der Waals surface area (Å²) >= 11 is 0. The molecule has 0 aliphatic carbocycles. The number of ether oxygens (including phenoxy) is 1. The van der Waals surface area contributed by atoms with E-state index in [0.29, 0.717) is 12.0 Å². The van der Waals surface area contributed by atoms with Crippen molar-refractivity contribution < 1.29 is 4.74 Å². The van der Waals surface area contributed by atoms with Gasteiger partial charge in [-0.05, 0) is 70.1 Å². The molecule has 2 unspecified atom stereocenters. The number of nitrogens with zero attached hydrogens (tertiary/aromatic N) is 1. The van der Waals surface area contributed by atoms with Crippen molar-refractivity contribution in [2.45, 2.75) is 25.8 Å². The van der Waals surface area contributed by atoms with Crippen LogP contribution in [-0.2, 0) is 0 Å². The van der Waals surface area contributed by atoms with E-state index in [4.69, 9.17) is 4.74 Å². The summed E-state index contributed by atoms with van der Waals surface area (Å²) < 4.78 is 5.36. The third-order valence-electron chi connectivity index (χ3n) is 4.10. The van der Waals surface area contributed by atoms with Crippen molar-refractivity contribution in [1.29, 1.82) is 0 Å². The van der Waals surface area contributed by atoms with E-state index in [0.717, 1.165) is 18.8 Å². The topological polar surface area (TPSA) is 24.5 Å². The molecule has 1 aromatic carbocycles. The minimum atomic E-state index is 0.484. The number of piperidine rings is 1. The molecule has 1 aromatic rings. The maximum Gasteiger partial charge on any atom is 0.121 e. The van der Waals surface area contributed by atoms with Crippen LogP contribution in [0.25, 0.3) is 0 Å². The molecule has 2 atom stereocenters. The van der Waals surface area contributed by atoms with Crippen LogP contribution in [0.1, 0.15) is 30.0 Å². The highest BCUT2D eigenvalue weighted by Crippen LogP contribution is 2.33. The van der Waals surface area contributed by atoms with Gasteiger partial charge >= 0.3 is 0 Å². The van der Waals surface area contributed by atoms with Crippen molar-refractivity contribution >= 4 is 0 Å². The molecule has 1 N–H and O–H groups in total. The van der Waals surface area contributed by atoms with Crippen LogP contribution < -0.4 is 10.1 Å². The van der Waals surface area contributed by atoms with E-state index >= 15 is 0 Å². The van der Waals surface area contributed by atoms with Crippen LogP contribution in [0.4, 0.5) is 0 Å². The van der Waals surface area contributed by atoms with Crippen molar-refractivity contribution in [2.75, 3.05) is 34.3 Å². The van der Waals surface area contributed by atoms with Crippen LogP contribution in [-0.4, -0.2) is 39.2 Å². The fourth-order valence-electron chi connectivity index (χ4n) is 3.23. The van der Waals surface area contributed by atoms with Crippen LogP contribution >= 0.6 is 0 Å². The second kappa shape index (κ2) is 6.40. The summed E-state index contributed by atoms with van der Waals surface area (Å²) in [5, 5.41) is 3.53. The van der Waals surface area contributed by atoms with Crippen molar-refractivity contribution in [2.24, 2.45) is 5.92 Å². The van der Waals surface area contributed by atoms with Gasteiger partial charge in [0.25, 0.3) is 0 Å². The Kier molecular flexibility index (Phi) is 4.83. The van der Waals surface area contributed by atoms with Gasteiger partial charge in [-0.1, -0.05) is 12.1 Å². The van der Waals surface area contributed by atoms with Crippen LogP contribution in [0.15, 0.2) is 18.2 Å². The van der Waals surface area contributed by atoms with Crippen molar-refractivity contribution in [3.8, 4) is 5.75 Å². The highest BCUT2D eigenvalue weighted by Gasteiger charge is 2.26. The zero-order chi connectivity index (χ0) is 13.8. The van der Waals surface area contributed by atoms with E-state index in [1.54, 1.807) is 7.11 Å². The summed E-state index contributed by atoms with van der Waals surface area (Å²) in [4.78, 5) is 2.35. The Morgan fingerprint density at radius 1 is 1.37 bits per heavy atom. The largest absolute Gasteiger partial charge is 0.496 e. The van der Waals surface area contributed by atoms with E-state index in [2.05, 4.69) is 49.4 Å². The molecule has 1 aliphatic heterocycles. The summed E-state index contributed by atoms with van der Waals surface area (Å²) in [7, 11) is 6.09. The molecular formula is C16H26N2O. The maximum atomic E-state index is 5.36. The van der Waals surface area contributed by atoms with Crippen LogP contribution in [0.5, 0.6) is 5.75 Å². The third-order valence-corrected chi connectivity index (χ3v) is 4.10. The summed E-state index contributed by atoms with van der Waals surface area (Å²) in [5.74, 6) is 1.67.